The third kappa shape index (κ3) is 2.69. The number of carbonyl (C=O) groups is 1. The molecule has 0 aromatic heterocycles. The van der Waals surface area contributed by atoms with E-state index in [9.17, 15) is 18.0 Å². The molecular weight excluding hydrogens is 177 g/mol. The van der Waals surface area contributed by atoms with Crippen molar-refractivity contribution in [2.45, 2.75) is 12.8 Å². The van der Waals surface area contributed by atoms with E-state index >= 15 is 0 Å². The largest absolute Gasteiger partial charge is 0.522 e. The van der Waals surface area contributed by atoms with Crippen LogP contribution in [0.3, 0.4) is 0 Å². The number of aliphatic carboxylic acids is 1. The Hall–Kier alpha value is -0.780. The average Bonchev–Trinajstić information content (AvgIpc) is 2.59. The van der Waals surface area contributed by atoms with Crippen LogP contribution in [0.15, 0.2) is 0 Å². The molecule has 12 heavy (non-hydrogen) atoms. The smallest absolute Gasteiger partial charge is 0.481 e. The summed E-state index contributed by atoms with van der Waals surface area (Å²) >= 11 is 0. The molecule has 1 saturated carbocycles. The molecule has 0 bridgehead atoms. The van der Waals surface area contributed by atoms with Crippen LogP contribution in [0.1, 0.15) is 6.42 Å². The Morgan fingerprint density at radius 3 is 2.50 bits per heavy atom. The monoisotopic (exact) mass is 184 g/mol. The van der Waals surface area contributed by atoms with Crippen LogP contribution in [-0.2, 0) is 9.53 Å². The standard InChI is InChI=1S/C6H7F3O3/c7-6(8,9)12-2-3-1-4(3)5(10)11/h3-4H,1-2H2,(H,10,11). The molecule has 0 aromatic carbocycles. The Morgan fingerprint density at radius 2 is 2.17 bits per heavy atom. The molecule has 2 atom stereocenters. The van der Waals surface area contributed by atoms with E-state index in [4.69, 9.17) is 5.11 Å². The van der Waals surface area contributed by atoms with Crippen molar-refractivity contribution < 1.29 is 27.8 Å². The molecule has 0 amide bonds. The molecule has 0 aliphatic heterocycles. The fourth-order valence-corrected chi connectivity index (χ4v) is 0.936. The highest BCUT2D eigenvalue weighted by atomic mass is 19.4. The maximum Gasteiger partial charge on any atom is 0.522 e. The van der Waals surface area contributed by atoms with Crippen molar-refractivity contribution >= 4 is 5.97 Å². The lowest BCUT2D eigenvalue weighted by Crippen LogP contribution is -2.16. The Kier molecular flexibility index (Phi) is 2.27. The normalized spacial score (nSPS) is 28.6. The van der Waals surface area contributed by atoms with Crippen molar-refractivity contribution in [1.82, 2.24) is 0 Å². The van der Waals surface area contributed by atoms with Crippen LogP contribution in [0.25, 0.3) is 0 Å². The summed E-state index contributed by atoms with van der Waals surface area (Å²) in [5, 5.41) is 8.32. The van der Waals surface area contributed by atoms with Gasteiger partial charge in [-0.15, -0.1) is 13.2 Å². The summed E-state index contributed by atoms with van der Waals surface area (Å²) in [4.78, 5) is 10.2. The molecular formula is C6H7F3O3. The van der Waals surface area contributed by atoms with Crippen molar-refractivity contribution in [3.8, 4) is 0 Å². The van der Waals surface area contributed by atoms with Crippen LogP contribution in [-0.4, -0.2) is 24.0 Å². The Labute approximate surface area is 66.1 Å². The highest BCUT2D eigenvalue weighted by Gasteiger charge is 2.45. The van der Waals surface area contributed by atoms with E-state index in [-0.39, 0.29) is 6.42 Å². The van der Waals surface area contributed by atoms with E-state index in [1.165, 1.54) is 0 Å². The summed E-state index contributed by atoms with van der Waals surface area (Å²) in [5.41, 5.74) is 0. The van der Waals surface area contributed by atoms with Crippen molar-refractivity contribution in [2.24, 2.45) is 11.8 Å². The number of ether oxygens (including phenoxy) is 1. The first-order chi connectivity index (χ1) is 5.40. The second-order valence-corrected chi connectivity index (χ2v) is 2.70. The van der Waals surface area contributed by atoms with Gasteiger partial charge in [0, 0.05) is 0 Å². The maximum absolute atomic E-state index is 11.4. The molecule has 0 spiro atoms. The SMILES string of the molecule is O=C(O)C1CC1COC(F)(F)F. The molecule has 0 radical (unpaired) electrons. The molecule has 3 nitrogen and oxygen atoms in total. The van der Waals surface area contributed by atoms with E-state index in [0.29, 0.717) is 0 Å². The van der Waals surface area contributed by atoms with Gasteiger partial charge in [-0.1, -0.05) is 0 Å². The van der Waals surface area contributed by atoms with Gasteiger partial charge in [0.15, 0.2) is 0 Å². The van der Waals surface area contributed by atoms with E-state index in [1.807, 2.05) is 0 Å². The number of carboxylic acid groups (broad SMARTS) is 1. The first-order valence-electron chi connectivity index (χ1n) is 3.33. The predicted octanol–water partition coefficient (Wildman–Crippen LogP) is 1.24. The Balaban J connectivity index is 2.16. The zero-order chi connectivity index (χ0) is 9.35. The summed E-state index contributed by atoms with van der Waals surface area (Å²) in [6.45, 7) is -0.541. The fraction of sp³-hybridized carbons (Fsp3) is 0.833. The van der Waals surface area contributed by atoms with Crippen LogP contribution in [0.2, 0.25) is 0 Å². The van der Waals surface area contributed by atoms with Crippen molar-refractivity contribution in [2.75, 3.05) is 6.61 Å². The van der Waals surface area contributed by atoms with Gasteiger partial charge in [-0.05, 0) is 12.3 Å². The van der Waals surface area contributed by atoms with Gasteiger partial charge in [-0.2, -0.15) is 0 Å². The first kappa shape index (κ1) is 9.31. The van der Waals surface area contributed by atoms with Gasteiger partial charge in [-0.3, -0.25) is 9.53 Å². The van der Waals surface area contributed by atoms with Gasteiger partial charge in [0.05, 0.1) is 12.5 Å². The van der Waals surface area contributed by atoms with Crippen molar-refractivity contribution in [1.29, 1.82) is 0 Å². The van der Waals surface area contributed by atoms with Crippen LogP contribution >= 0.6 is 0 Å². The fourth-order valence-electron chi connectivity index (χ4n) is 0.936. The average molecular weight is 184 g/mol. The number of alkyl halides is 3. The number of hydrogen-bond donors (Lipinski definition) is 1. The topological polar surface area (TPSA) is 46.5 Å². The predicted molar refractivity (Wildman–Crippen MR) is 31.2 cm³/mol. The quantitative estimate of drug-likeness (QED) is 0.717. The van der Waals surface area contributed by atoms with E-state index < -0.39 is 30.8 Å². The van der Waals surface area contributed by atoms with E-state index in [0.717, 1.165) is 0 Å². The summed E-state index contributed by atoms with van der Waals surface area (Å²) in [6, 6.07) is 0. The highest BCUT2D eigenvalue weighted by molar-refractivity contribution is 5.73. The molecule has 2 unspecified atom stereocenters. The second-order valence-electron chi connectivity index (χ2n) is 2.70. The molecule has 0 saturated heterocycles. The summed E-state index contributed by atoms with van der Waals surface area (Å²) in [6.07, 6.45) is -4.36. The summed E-state index contributed by atoms with van der Waals surface area (Å²) in [7, 11) is 0. The molecule has 70 valence electrons. The van der Waals surface area contributed by atoms with Gasteiger partial charge in [0.1, 0.15) is 0 Å². The van der Waals surface area contributed by atoms with Crippen molar-refractivity contribution in [3.63, 3.8) is 0 Å². The summed E-state index contributed by atoms with van der Waals surface area (Å²) in [5.74, 6) is -2.16. The molecule has 1 rings (SSSR count). The summed E-state index contributed by atoms with van der Waals surface area (Å²) < 4.78 is 37.7. The van der Waals surface area contributed by atoms with E-state index in [2.05, 4.69) is 4.74 Å². The number of hydrogen-bond acceptors (Lipinski definition) is 2. The first-order valence-corrected chi connectivity index (χ1v) is 3.33. The van der Waals surface area contributed by atoms with Crippen LogP contribution < -0.4 is 0 Å². The molecule has 1 fully saturated rings. The van der Waals surface area contributed by atoms with Crippen molar-refractivity contribution in [3.05, 3.63) is 0 Å². The zero-order valence-corrected chi connectivity index (χ0v) is 5.97. The van der Waals surface area contributed by atoms with E-state index in [1.54, 1.807) is 0 Å². The van der Waals surface area contributed by atoms with Gasteiger partial charge >= 0.3 is 12.3 Å². The number of carboxylic acids is 1. The van der Waals surface area contributed by atoms with Crippen LogP contribution in [0.5, 0.6) is 0 Å². The number of rotatable bonds is 3. The lowest BCUT2D eigenvalue weighted by molar-refractivity contribution is -0.326. The van der Waals surface area contributed by atoms with Gasteiger partial charge < -0.3 is 5.11 Å². The second kappa shape index (κ2) is 2.93. The van der Waals surface area contributed by atoms with Gasteiger partial charge in [0.2, 0.25) is 0 Å². The Bertz CT molecular complexity index is 189. The Morgan fingerprint density at radius 1 is 1.58 bits per heavy atom. The lowest BCUT2D eigenvalue weighted by atomic mass is 10.3. The molecule has 6 heteroatoms. The van der Waals surface area contributed by atoms with Gasteiger partial charge in [0.25, 0.3) is 0 Å². The lowest BCUT2D eigenvalue weighted by Gasteiger charge is -2.05. The minimum Gasteiger partial charge on any atom is -0.481 e. The van der Waals surface area contributed by atoms with Crippen LogP contribution in [0, 0.1) is 11.8 Å². The van der Waals surface area contributed by atoms with Gasteiger partial charge in [-0.25, -0.2) is 0 Å². The molecule has 1 aliphatic rings. The molecule has 0 aromatic rings. The minimum absolute atomic E-state index is 0.283. The third-order valence-corrected chi connectivity index (χ3v) is 1.70. The molecule has 0 heterocycles. The maximum atomic E-state index is 11.4. The highest BCUT2D eigenvalue weighted by Crippen LogP contribution is 2.39. The minimum atomic E-state index is -4.65. The molecule has 1 aliphatic carbocycles. The zero-order valence-electron chi connectivity index (χ0n) is 5.97. The number of halogens is 3. The molecule has 1 N–H and O–H groups in total. The van der Waals surface area contributed by atoms with Crippen LogP contribution in [0.4, 0.5) is 13.2 Å². The third-order valence-electron chi connectivity index (χ3n) is 1.70.